The van der Waals surface area contributed by atoms with Gasteiger partial charge in [-0.05, 0) is 56.0 Å². The number of aliphatic imine (C=N–C) groups is 1. The number of nitrogens with two attached hydrogens (primary N) is 2. The molecule has 1 fully saturated rings. The van der Waals surface area contributed by atoms with Gasteiger partial charge in [-0.3, -0.25) is 10.1 Å². The molecule has 1 aliphatic rings. The highest BCUT2D eigenvalue weighted by Crippen LogP contribution is 2.29. The third-order valence-electron chi connectivity index (χ3n) is 6.07. The molecule has 1 aromatic heterocycles. The van der Waals surface area contributed by atoms with Gasteiger partial charge in [0.15, 0.2) is 5.96 Å². The van der Waals surface area contributed by atoms with Crippen molar-refractivity contribution >= 4 is 34.5 Å². The fourth-order valence-electron chi connectivity index (χ4n) is 4.27. The highest BCUT2D eigenvalue weighted by Gasteiger charge is 2.26. The molecule has 2 atom stereocenters. The predicted octanol–water partition coefficient (Wildman–Crippen LogP) is 3.75. The third-order valence-corrected chi connectivity index (χ3v) is 6.07. The minimum Gasteiger partial charge on any atom is -0.370 e. The van der Waals surface area contributed by atoms with Crippen LogP contribution in [0, 0.1) is 6.92 Å². The number of benzene rings is 2. The average Bonchev–Trinajstić information content (AvgIpc) is 2.80. The van der Waals surface area contributed by atoms with Crippen LogP contribution in [-0.2, 0) is 6.42 Å². The molecule has 0 bridgehead atoms. The molecule has 0 radical (unpaired) electrons. The van der Waals surface area contributed by atoms with Crippen LogP contribution >= 0.6 is 0 Å². The van der Waals surface area contributed by atoms with Crippen LogP contribution in [0.1, 0.15) is 54.1 Å². The lowest BCUT2D eigenvalue weighted by Gasteiger charge is -2.30. The molecule has 6 N–H and O–H groups in total. The summed E-state index contributed by atoms with van der Waals surface area (Å²) < 4.78 is 0. The summed E-state index contributed by atoms with van der Waals surface area (Å²) in [4.78, 5) is 26.5. The second-order valence-corrected chi connectivity index (χ2v) is 8.58. The molecule has 1 saturated carbocycles. The van der Waals surface area contributed by atoms with Gasteiger partial charge in [0.2, 0.25) is 5.95 Å². The number of rotatable bonds is 6. The summed E-state index contributed by atoms with van der Waals surface area (Å²) in [5.74, 6) is 0.779. The zero-order valence-corrected chi connectivity index (χ0v) is 19.1. The molecule has 172 valence electrons. The van der Waals surface area contributed by atoms with Crippen molar-refractivity contribution in [2.45, 2.75) is 58.0 Å². The Labute approximate surface area is 193 Å². The van der Waals surface area contributed by atoms with Gasteiger partial charge in [0.1, 0.15) is 5.82 Å². The second kappa shape index (κ2) is 9.85. The van der Waals surface area contributed by atoms with Gasteiger partial charge in [0.05, 0.1) is 17.6 Å². The minimum atomic E-state index is -0.244. The number of hydrogen-bond acceptors (Lipinski definition) is 5. The summed E-state index contributed by atoms with van der Waals surface area (Å²) >= 11 is 0. The number of hydrogen-bond donors (Lipinski definition) is 4. The molecule has 4 rings (SSSR count). The number of anilines is 2. The van der Waals surface area contributed by atoms with Crippen LogP contribution in [-0.4, -0.2) is 33.9 Å². The summed E-state index contributed by atoms with van der Waals surface area (Å²) in [5, 5.41) is 7.31. The Hall–Kier alpha value is -3.68. The van der Waals surface area contributed by atoms with Crippen molar-refractivity contribution in [2.24, 2.45) is 16.5 Å². The maximum Gasteiger partial charge on any atom is 0.258 e. The van der Waals surface area contributed by atoms with Gasteiger partial charge in [-0.25, -0.2) is 9.98 Å². The first-order chi connectivity index (χ1) is 15.9. The number of amides is 1. The first-order valence-corrected chi connectivity index (χ1v) is 11.5. The van der Waals surface area contributed by atoms with Crippen molar-refractivity contribution in [3.63, 3.8) is 0 Å². The van der Waals surface area contributed by atoms with E-state index in [4.69, 9.17) is 11.5 Å². The van der Waals surface area contributed by atoms with Gasteiger partial charge >= 0.3 is 0 Å². The normalized spacial score (nSPS) is 18.0. The van der Waals surface area contributed by atoms with E-state index in [1.807, 2.05) is 49.4 Å². The average molecular weight is 446 g/mol. The van der Waals surface area contributed by atoms with Crippen LogP contribution in [0.4, 0.5) is 11.8 Å². The smallest absolute Gasteiger partial charge is 0.258 e. The van der Waals surface area contributed by atoms with Crippen LogP contribution in [0.5, 0.6) is 0 Å². The second-order valence-electron chi connectivity index (χ2n) is 8.58. The number of guanidine groups is 1. The van der Waals surface area contributed by atoms with E-state index in [1.54, 1.807) is 0 Å². The number of carbonyl (C=O) groups is 1. The molecular weight excluding hydrogens is 414 g/mol. The summed E-state index contributed by atoms with van der Waals surface area (Å²) in [6.07, 6.45) is 4.94. The fraction of sp³-hybridized carbons (Fsp3) is 0.360. The van der Waals surface area contributed by atoms with Gasteiger partial charge in [-0.2, -0.15) is 4.98 Å². The first-order valence-electron chi connectivity index (χ1n) is 11.5. The van der Waals surface area contributed by atoms with Crippen molar-refractivity contribution < 1.29 is 4.79 Å². The summed E-state index contributed by atoms with van der Waals surface area (Å²) in [6.45, 7) is 4.11. The minimum absolute atomic E-state index is 0.0197. The number of fused-ring (bicyclic) bond motifs is 1. The van der Waals surface area contributed by atoms with Crippen LogP contribution in [0.2, 0.25) is 0 Å². The van der Waals surface area contributed by atoms with Crippen molar-refractivity contribution in [3.8, 4) is 0 Å². The zero-order valence-electron chi connectivity index (χ0n) is 19.1. The molecule has 1 amide bonds. The van der Waals surface area contributed by atoms with E-state index in [2.05, 4.69) is 32.5 Å². The first kappa shape index (κ1) is 22.5. The van der Waals surface area contributed by atoms with E-state index in [0.717, 1.165) is 48.6 Å². The van der Waals surface area contributed by atoms with Crippen molar-refractivity contribution in [1.82, 2.24) is 9.97 Å². The van der Waals surface area contributed by atoms with Gasteiger partial charge < -0.3 is 16.8 Å². The van der Waals surface area contributed by atoms with Crippen LogP contribution in [0.3, 0.4) is 0 Å². The highest BCUT2D eigenvalue weighted by molar-refractivity contribution is 6.04. The summed E-state index contributed by atoms with van der Waals surface area (Å²) in [6, 6.07) is 13.6. The molecule has 8 heteroatoms. The topological polar surface area (TPSA) is 131 Å². The summed E-state index contributed by atoms with van der Waals surface area (Å²) in [5.41, 5.74) is 14.9. The maximum atomic E-state index is 12.8. The van der Waals surface area contributed by atoms with Crippen molar-refractivity contribution in [3.05, 3.63) is 59.2 Å². The number of nitrogens with one attached hydrogen (secondary N) is 2. The van der Waals surface area contributed by atoms with Crippen LogP contribution in [0.25, 0.3) is 10.9 Å². The summed E-state index contributed by atoms with van der Waals surface area (Å²) in [7, 11) is 0. The number of nitrogens with zero attached hydrogens (tertiary/aromatic N) is 3. The third kappa shape index (κ3) is 5.39. The lowest BCUT2D eigenvalue weighted by Crippen LogP contribution is -2.38. The van der Waals surface area contributed by atoms with E-state index in [9.17, 15) is 4.79 Å². The largest absolute Gasteiger partial charge is 0.370 e. The lowest BCUT2D eigenvalue weighted by atomic mass is 9.90. The van der Waals surface area contributed by atoms with Gasteiger partial charge in [-0.15, -0.1) is 0 Å². The molecule has 0 spiro atoms. The number of aromatic nitrogens is 2. The zero-order chi connectivity index (χ0) is 23.4. The Balaban J connectivity index is 1.65. The molecule has 1 heterocycles. The quantitative estimate of drug-likeness (QED) is 0.338. The molecule has 2 unspecified atom stereocenters. The Kier molecular flexibility index (Phi) is 6.72. The Morgan fingerprint density at radius 3 is 2.58 bits per heavy atom. The molecule has 0 aliphatic heterocycles. The standard InChI is InChI=1S/C25H31N7O/c1-3-16-9-11-17(12-10-16)23(33)32-25-30-19-13-8-15(2)14-18(19)22(31-25)28-20-6-4-5-7-21(20)29-24(26)27/h8-14,20-21H,3-7H2,1-2H3,(H4,26,27,29)(H2,28,30,31,32,33). The molecule has 0 saturated heterocycles. The van der Waals surface area contributed by atoms with E-state index in [1.165, 1.54) is 5.56 Å². The molecule has 33 heavy (non-hydrogen) atoms. The van der Waals surface area contributed by atoms with E-state index >= 15 is 0 Å². The predicted molar refractivity (Wildman–Crippen MR) is 134 cm³/mol. The lowest BCUT2D eigenvalue weighted by molar-refractivity contribution is 0.102. The van der Waals surface area contributed by atoms with Crippen molar-refractivity contribution in [2.75, 3.05) is 10.6 Å². The van der Waals surface area contributed by atoms with Gasteiger partial charge in [0.25, 0.3) is 5.91 Å². The SMILES string of the molecule is CCc1ccc(C(=O)Nc2nc(NC3CCCCC3N=C(N)N)c3cc(C)ccc3n2)cc1. The van der Waals surface area contributed by atoms with Crippen LogP contribution in [0.15, 0.2) is 47.5 Å². The Morgan fingerprint density at radius 2 is 1.85 bits per heavy atom. The van der Waals surface area contributed by atoms with Gasteiger partial charge in [-0.1, -0.05) is 43.5 Å². The molecule has 3 aromatic rings. The highest BCUT2D eigenvalue weighted by atomic mass is 16.1. The maximum absolute atomic E-state index is 12.8. The van der Waals surface area contributed by atoms with E-state index in [-0.39, 0.29) is 29.9 Å². The molecule has 2 aromatic carbocycles. The number of carbonyl (C=O) groups excluding carboxylic acids is 1. The molecular formula is C25H31N7O. The molecule has 1 aliphatic carbocycles. The van der Waals surface area contributed by atoms with E-state index in [0.29, 0.717) is 11.4 Å². The Bertz CT molecular complexity index is 1170. The monoisotopic (exact) mass is 445 g/mol. The van der Waals surface area contributed by atoms with Crippen LogP contribution < -0.4 is 22.1 Å². The Morgan fingerprint density at radius 1 is 1.09 bits per heavy atom. The number of aryl methyl sites for hydroxylation is 2. The van der Waals surface area contributed by atoms with E-state index < -0.39 is 0 Å². The van der Waals surface area contributed by atoms with Gasteiger partial charge in [0, 0.05) is 10.9 Å². The molecule has 8 nitrogen and oxygen atoms in total. The van der Waals surface area contributed by atoms with Crippen molar-refractivity contribution in [1.29, 1.82) is 0 Å². The fourth-order valence-corrected chi connectivity index (χ4v) is 4.27.